The Morgan fingerprint density at radius 3 is 2.03 bits per heavy atom. The van der Waals surface area contributed by atoms with Gasteiger partial charge in [0.25, 0.3) is 0 Å². The number of fused-ring (bicyclic) bond motifs is 3. The van der Waals surface area contributed by atoms with Gasteiger partial charge >= 0.3 is 12.1 Å². The predicted molar refractivity (Wildman–Crippen MR) is 132 cm³/mol. The summed E-state index contributed by atoms with van der Waals surface area (Å²) in [5.74, 6) is -1.79. The highest BCUT2D eigenvalue weighted by Crippen LogP contribution is 2.44. The zero-order valence-electron chi connectivity index (χ0n) is 20.6. The molecule has 8 nitrogen and oxygen atoms in total. The Bertz CT molecular complexity index is 1040. The van der Waals surface area contributed by atoms with Gasteiger partial charge in [0.2, 0.25) is 5.91 Å². The molecule has 0 aliphatic heterocycles. The molecule has 0 spiro atoms. The molecule has 188 valence electrons. The minimum Gasteiger partial charge on any atom is -0.481 e. The number of carboxylic acids is 1. The molecule has 1 aliphatic carbocycles. The van der Waals surface area contributed by atoms with Gasteiger partial charge < -0.3 is 25.6 Å². The number of aliphatic carboxylic acids is 1. The molecule has 1 aliphatic rings. The van der Waals surface area contributed by atoms with Crippen molar-refractivity contribution in [1.82, 2.24) is 10.6 Å². The number of alkyl carbamates (subject to hydrolysis) is 1. The van der Waals surface area contributed by atoms with Crippen LogP contribution in [0, 0.1) is 5.41 Å². The van der Waals surface area contributed by atoms with Crippen molar-refractivity contribution >= 4 is 18.0 Å². The average molecular weight is 483 g/mol. The van der Waals surface area contributed by atoms with Gasteiger partial charge in [0.15, 0.2) is 0 Å². The molecular weight excluding hydrogens is 448 g/mol. The first kappa shape index (κ1) is 26.2. The number of carbonyl (C=O) groups is 3. The normalized spacial score (nSPS) is 15.3. The SMILES string of the molecule is CC(C)(C)CC(NC(=O)OCC1c2ccccc2-c2ccccc21)C(=O)NCC(C)(O)CC(=O)O. The summed E-state index contributed by atoms with van der Waals surface area (Å²) < 4.78 is 5.58. The van der Waals surface area contributed by atoms with Crippen LogP contribution < -0.4 is 10.6 Å². The Hall–Kier alpha value is -3.39. The lowest BCUT2D eigenvalue weighted by Crippen LogP contribution is -2.52. The molecule has 2 unspecified atom stereocenters. The zero-order chi connectivity index (χ0) is 25.8. The maximum Gasteiger partial charge on any atom is 0.407 e. The van der Waals surface area contributed by atoms with Crippen molar-refractivity contribution in [2.24, 2.45) is 5.41 Å². The third kappa shape index (κ3) is 7.05. The van der Waals surface area contributed by atoms with Gasteiger partial charge in [-0.3, -0.25) is 9.59 Å². The first-order valence-corrected chi connectivity index (χ1v) is 11.7. The molecule has 0 bridgehead atoms. The van der Waals surface area contributed by atoms with Crippen molar-refractivity contribution in [2.75, 3.05) is 13.2 Å². The van der Waals surface area contributed by atoms with Crippen LogP contribution in [0.4, 0.5) is 4.79 Å². The number of rotatable bonds is 9. The van der Waals surface area contributed by atoms with Crippen molar-refractivity contribution in [3.63, 3.8) is 0 Å². The van der Waals surface area contributed by atoms with E-state index in [2.05, 4.69) is 22.8 Å². The van der Waals surface area contributed by atoms with Crippen LogP contribution in [0.3, 0.4) is 0 Å². The van der Waals surface area contributed by atoms with Crippen molar-refractivity contribution in [3.8, 4) is 11.1 Å². The fourth-order valence-corrected chi connectivity index (χ4v) is 4.39. The maximum atomic E-state index is 12.8. The molecule has 8 heteroatoms. The third-order valence-corrected chi connectivity index (χ3v) is 5.94. The maximum absolute atomic E-state index is 12.8. The minimum absolute atomic E-state index is 0.103. The highest BCUT2D eigenvalue weighted by Gasteiger charge is 2.32. The number of amides is 2. The molecule has 3 rings (SSSR count). The summed E-state index contributed by atoms with van der Waals surface area (Å²) in [4.78, 5) is 36.5. The van der Waals surface area contributed by atoms with Crippen LogP contribution in [0.25, 0.3) is 11.1 Å². The van der Waals surface area contributed by atoms with E-state index in [0.29, 0.717) is 6.42 Å². The molecule has 2 aromatic carbocycles. The molecule has 0 heterocycles. The molecule has 2 aromatic rings. The fourth-order valence-electron chi connectivity index (χ4n) is 4.39. The highest BCUT2D eigenvalue weighted by molar-refractivity contribution is 5.86. The lowest BCUT2D eigenvalue weighted by atomic mass is 9.87. The van der Waals surface area contributed by atoms with E-state index in [1.54, 1.807) is 0 Å². The molecule has 4 N–H and O–H groups in total. The van der Waals surface area contributed by atoms with Gasteiger partial charge in [-0.2, -0.15) is 0 Å². The number of nitrogens with one attached hydrogen (secondary N) is 2. The van der Waals surface area contributed by atoms with Crippen molar-refractivity contribution in [1.29, 1.82) is 0 Å². The Morgan fingerprint density at radius 1 is 0.971 bits per heavy atom. The molecule has 0 radical (unpaired) electrons. The van der Waals surface area contributed by atoms with Crippen LogP contribution in [0.5, 0.6) is 0 Å². The van der Waals surface area contributed by atoms with Crippen LogP contribution in [-0.4, -0.2) is 53.0 Å². The number of hydrogen-bond donors (Lipinski definition) is 4. The molecule has 0 saturated heterocycles. The fraction of sp³-hybridized carbons (Fsp3) is 0.444. The Balaban J connectivity index is 1.65. The summed E-state index contributed by atoms with van der Waals surface area (Å²) in [5.41, 5.74) is 2.52. The lowest BCUT2D eigenvalue weighted by molar-refractivity contribution is -0.142. The van der Waals surface area contributed by atoms with E-state index in [9.17, 15) is 19.5 Å². The highest BCUT2D eigenvalue weighted by atomic mass is 16.5. The van der Waals surface area contributed by atoms with Gasteiger partial charge in [-0.25, -0.2) is 4.79 Å². The van der Waals surface area contributed by atoms with Crippen molar-refractivity contribution in [2.45, 2.75) is 58.1 Å². The zero-order valence-corrected chi connectivity index (χ0v) is 20.6. The van der Waals surface area contributed by atoms with E-state index < -0.39 is 36.0 Å². The summed E-state index contributed by atoms with van der Waals surface area (Å²) in [6.07, 6.45) is -0.908. The second-order valence-corrected chi connectivity index (χ2v) is 10.6. The lowest BCUT2D eigenvalue weighted by Gasteiger charge is -2.28. The number of benzene rings is 2. The molecule has 0 aromatic heterocycles. The molecule has 35 heavy (non-hydrogen) atoms. The van der Waals surface area contributed by atoms with Crippen LogP contribution >= 0.6 is 0 Å². The van der Waals surface area contributed by atoms with E-state index in [0.717, 1.165) is 22.3 Å². The van der Waals surface area contributed by atoms with Gasteiger partial charge in [-0.05, 0) is 41.0 Å². The number of aliphatic hydroxyl groups is 1. The van der Waals surface area contributed by atoms with E-state index >= 15 is 0 Å². The largest absolute Gasteiger partial charge is 0.481 e. The van der Waals surface area contributed by atoms with Crippen molar-refractivity contribution in [3.05, 3.63) is 59.7 Å². The number of ether oxygens (including phenoxy) is 1. The Kier molecular flexibility index (Phi) is 7.85. The first-order chi connectivity index (χ1) is 16.4. The quantitative estimate of drug-likeness (QED) is 0.432. The predicted octanol–water partition coefficient (Wildman–Crippen LogP) is 3.67. The average Bonchev–Trinajstić information content (AvgIpc) is 3.08. The van der Waals surface area contributed by atoms with Gasteiger partial charge in [0.05, 0.1) is 12.0 Å². The second-order valence-electron chi connectivity index (χ2n) is 10.6. The summed E-state index contributed by atoms with van der Waals surface area (Å²) in [6, 6.07) is 15.1. The molecule has 2 amide bonds. The minimum atomic E-state index is -1.61. The first-order valence-electron chi connectivity index (χ1n) is 11.7. The van der Waals surface area contributed by atoms with E-state index in [-0.39, 0.29) is 24.5 Å². The molecule has 2 atom stereocenters. The molecular formula is C27H34N2O6. The number of carbonyl (C=O) groups excluding carboxylic acids is 2. The molecule has 0 fully saturated rings. The van der Waals surface area contributed by atoms with Crippen LogP contribution in [-0.2, 0) is 14.3 Å². The molecule has 0 saturated carbocycles. The van der Waals surface area contributed by atoms with Gasteiger partial charge in [-0.1, -0.05) is 69.3 Å². The van der Waals surface area contributed by atoms with Gasteiger partial charge in [0.1, 0.15) is 12.6 Å². The van der Waals surface area contributed by atoms with E-state index in [1.807, 2.05) is 57.2 Å². The number of carboxylic acid groups (broad SMARTS) is 1. The van der Waals surface area contributed by atoms with E-state index in [4.69, 9.17) is 9.84 Å². The van der Waals surface area contributed by atoms with Crippen LogP contribution in [0.2, 0.25) is 0 Å². The smallest absolute Gasteiger partial charge is 0.407 e. The van der Waals surface area contributed by atoms with Crippen LogP contribution in [0.15, 0.2) is 48.5 Å². The summed E-state index contributed by atoms with van der Waals surface area (Å²) in [5, 5.41) is 24.3. The van der Waals surface area contributed by atoms with Crippen molar-refractivity contribution < 1.29 is 29.3 Å². The summed E-state index contributed by atoms with van der Waals surface area (Å²) in [7, 11) is 0. The summed E-state index contributed by atoms with van der Waals surface area (Å²) in [6.45, 7) is 7.01. The summed E-state index contributed by atoms with van der Waals surface area (Å²) >= 11 is 0. The second kappa shape index (κ2) is 10.5. The Morgan fingerprint density at radius 2 is 1.51 bits per heavy atom. The third-order valence-electron chi connectivity index (χ3n) is 5.94. The van der Waals surface area contributed by atoms with Crippen LogP contribution in [0.1, 0.15) is 57.6 Å². The topological polar surface area (TPSA) is 125 Å². The van der Waals surface area contributed by atoms with E-state index in [1.165, 1.54) is 6.92 Å². The van der Waals surface area contributed by atoms with Gasteiger partial charge in [-0.15, -0.1) is 0 Å². The standard InChI is InChI=1S/C27H34N2O6/c1-26(2,3)13-22(24(32)28-16-27(4,34)14-23(30)31)29-25(33)35-15-21-19-11-7-5-9-17(19)18-10-6-8-12-20(18)21/h5-12,21-22,34H,13-16H2,1-4H3,(H,28,32)(H,29,33)(H,30,31). The number of hydrogen-bond acceptors (Lipinski definition) is 5. The monoisotopic (exact) mass is 482 g/mol. The Labute approximate surface area is 205 Å². The van der Waals surface area contributed by atoms with Gasteiger partial charge in [0, 0.05) is 12.5 Å².